The first-order valence-corrected chi connectivity index (χ1v) is 9.69. The number of ether oxygens (including phenoxy) is 1. The second-order valence-corrected chi connectivity index (χ2v) is 7.38. The van der Waals surface area contributed by atoms with Crippen LogP contribution in [0.25, 0.3) is 16.9 Å². The highest BCUT2D eigenvalue weighted by molar-refractivity contribution is 5.85. The van der Waals surface area contributed by atoms with Crippen LogP contribution in [0.4, 0.5) is 4.39 Å². The molecule has 1 atom stereocenters. The Morgan fingerprint density at radius 3 is 2.52 bits per heavy atom. The fraction of sp³-hybridized carbons (Fsp3) is 0.429. The van der Waals surface area contributed by atoms with E-state index >= 15 is 0 Å². The van der Waals surface area contributed by atoms with Gasteiger partial charge in [-0.05, 0) is 45.0 Å². The van der Waals surface area contributed by atoms with Gasteiger partial charge in [-0.1, -0.05) is 0 Å². The summed E-state index contributed by atoms with van der Waals surface area (Å²) in [6.07, 6.45) is 3.80. The van der Waals surface area contributed by atoms with Crippen LogP contribution in [0.15, 0.2) is 36.8 Å². The summed E-state index contributed by atoms with van der Waals surface area (Å²) in [5.41, 5.74) is 4.94. The zero-order chi connectivity index (χ0) is 19.7. The van der Waals surface area contributed by atoms with E-state index in [1.54, 1.807) is 12.1 Å². The molecule has 29 heavy (non-hydrogen) atoms. The maximum absolute atomic E-state index is 13.3. The number of aromatic nitrogens is 4. The molecule has 0 amide bonds. The number of nitrogens with zero attached hydrogens (tertiary/aromatic N) is 5. The average Bonchev–Trinajstić information content (AvgIpc) is 3.27. The van der Waals surface area contributed by atoms with E-state index in [0.29, 0.717) is 0 Å². The highest BCUT2D eigenvalue weighted by Gasteiger charge is 2.21. The van der Waals surface area contributed by atoms with Gasteiger partial charge in [0.05, 0.1) is 48.5 Å². The van der Waals surface area contributed by atoms with E-state index in [9.17, 15) is 4.39 Å². The minimum Gasteiger partial charge on any atom is -0.379 e. The van der Waals surface area contributed by atoms with Crippen LogP contribution in [0.5, 0.6) is 0 Å². The van der Waals surface area contributed by atoms with Crippen LogP contribution in [0.3, 0.4) is 0 Å². The van der Waals surface area contributed by atoms with Crippen molar-refractivity contribution in [3.05, 3.63) is 54.0 Å². The summed E-state index contributed by atoms with van der Waals surface area (Å²) in [5.74, 6) is -0.250. The smallest absolute Gasteiger partial charge is 0.123 e. The van der Waals surface area contributed by atoms with E-state index in [1.165, 1.54) is 12.1 Å². The Hall–Kier alpha value is -2.22. The average molecular weight is 420 g/mol. The van der Waals surface area contributed by atoms with Crippen LogP contribution in [0.2, 0.25) is 0 Å². The van der Waals surface area contributed by atoms with Gasteiger partial charge in [0, 0.05) is 31.2 Å². The standard InChI is InChI=1S/C21H26FN5O.ClH/c1-15(13-25-8-10-28-11-9-25)26-14-23-12-20(26)21-16(2)24-27(17(21)3)19-6-4-18(22)5-7-19;/h4-7,12,14-15H,8-11,13H2,1-3H3;1H. The molecular formula is C21H27ClFN5O. The summed E-state index contributed by atoms with van der Waals surface area (Å²) < 4.78 is 22.8. The normalized spacial score (nSPS) is 15.9. The Balaban J connectivity index is 0.00000240. The third-order valence-electron chi connectivity index (χ3n) is 5.39. The van der Waals surface area contributed by atoms with Crippen molar-refractivity contribution in [3.63, 3.8) is 0 Å². The molecule has 4 rings (SSSR count). The van der Waals surface area contributed by atoms with Crippen molar-refractivity contribution in [2.45, 2.75) is 26.8 Å². The fourth-order valence-electron chi connectivity index (χ4n) is 3.94. The molecule has 3 heterocycles. The number of hydrogen-bond acceptors (Lipinski definition) is 4. The molecular weight excluding hydrogens is 393 g/mol. The van der Waals surface area contributed by atoms with E-state index in [0.717, 1.165) is 61.2 Å². The van der Waals surface area contributed by atoms with Gasteiger partial charge < -0.3 is 9.30 Å². The minimum absolute atomic E-state index is 0. The molecule has 1 aliphatic rings. The van der Waals surface area contributed by atoms with E-state index in [1.807, 2.05) is 31.1 Å². The van der Waals surface area contributed by atoms with Gasteiger partial charge in [0.2, 0.25) is 0 Å². The molecule has 1 aromatic carbocycles. The van der Waals surface area contributed by atoms with Crippen molar-refractivity contribution < 1.29 is 9.13 Å². The lowest BCUT2D eigenvalue weighted by Gasteiger charge is -2.30. The molecule has 0 spiro atoms. The van der Waals surface area contributed by atoms with Crippen LogP contribution >= 0.6 is 12.4 Å². The van der Waals surface area contributed by atoms with Crippen molar-refractivity contribution in [2.75, 3.05) is 32.8 Å². The molecule has 0 N–H and O–H groups in total. The molecule has 1 unspecified atom stereocenters. The van der Waals surface area contributed by atoms with E-state index < -0.39 is 0 Å². The van der Waals surface area contributed by atoms with Gasteiger partial charge in [0.15, 0.2) is 0 Å². The molecule has 0 aliphatic carbocycles. The SMILES string of the molecule is Cc1nn(-c2ccc(F)cc2)c(C)c1-c1cncn1C(C)CN1CCOCC1.Cl. The molecule has 2 aromatic heterocycles. The Morgan fingerprint density at radius 1 is 1.14 bits per heavy atom. The van der Waals surface area contributed by atoms with Gasteiger partial charge in [-0.3, -0.25) is 4.90 Å². The third kappa shape index (κ3) is 4.37. The largest absolute Gasteiger partial charge is 0.379 e. The zero-order valence-electron chi connectivity index (χ0n) is 17.0. The van der Waals surface area contributed by atoms with Crippen molar-refractivity contribution in [3.8, 4) is 16.9 Å². The number of morpholine rings is 1. The number of benzene rings is 1. The Bertz CT molecular complexity index is 947. The zero-order valence-corrected chi connectivity index (χ0v) is 17.8. The Kier molecular flexibility index (Phi) is 6.72. The molecule has 6 nitrogen and oxygen atoms in total. The third-order valence-corrected chi connectivity index (χ3v) is 5.39. The molecule has 3 aromatic rings. The highest BCUT2D eigenvalue weighted by Crippen LogP contribution is 2.30. The maximum Gasteiger partial charge on any atom is 0.123 e. The minimum atomic E-state index is -0.250. The summed E-state index contributed by atoms with van der Waals surface area (Å²) in [4.78, 5) is 6.85. The van der Waals surface area contributed by atoms with E-state index in [-0.39, 0.29) is 24.3 Å². The van der Waals surface area contributed by atoms with Crippen LogP contribution in [0, 0.1) is 19.7 Å². The lowest BCUT2D eigenvalue weighted by atomic mass is 10.1. The van der Waals surface area contributed by atoms with Gasteiger partial charge in [-0.25, -0.2) is 14.1 Å². The van der Waals surface area contributed by atoms with Crippen LogP contribution < -0.4 is 0 Å². The second kappa shape index (κ2) is 9.07. The lowest BCUT2D eigenvalue weighted by Crippen LogP contribution is -2.39. The maximum atomic E-state index is 13.3. The Morgan fingerprint density at radius 2 is 1.83 bits per heavy atom. The van der Waals surface area contributed by atoms with E-state index in [4.69, 9.17) is 9.84 Å². The molecule has 1 aliphatic heterocycles. The van der Waals surface area contributed by atoms with Gasteiger partial charge in [0.25, 0.3) is 0 Å². The summed E-state index contributed by atoms with van der Waals surface area (Å²) >= 11 is 0. The topological polar surface area (TPSA) is 48.1 Å². The quantitative estimate of drug-likeness (QED) is 0.631. The predicted molar refractivity (Wildman–Crippen MR) is 113 cm³/mol. The molecule has 1 saturated heterocycles. The van der Waals surface area contributed by atoms with Crippen LogP contribution in [0.1, 0.15) is 24.4 Å². The summed E-state index contributed by atoms with van der Waals surface area (Å²) in [5, 5.41) is 4.71. The van der Waals surface area contributed by atoms with Gasteiger partial charge in [-0.2, -0.15) is 5.10 Å². The number of aryl methyl sites for hydroxylation is 1. The fourth-order valence-corrected chi connectivity index (χ4v) is 3.94. The first-order chi connectivity index (χ1) is 13.5. The summed E-state index contributed by atoms with van der Waals surface area (Å²) in [7, 11) is 0. The van der Waals surface area contributed by atoms with Crippen molar-refractivity contribution in [1.82, 2.24) is 24.2 Å². The first-order valence-electron chi connectivity index (χ1n) is 9.69. The molecule has 0 saturated carbocycles. The highest BCUT2D eigenvalue weighted by atomic mass is 35.5. The van der Waals surface area contributed by atoms with Crippen LogP contribution in [-0.2, 0) is 4.74 Å². The van der Waals surface area contributed by atoms with Crippen molar-refractivity contribution in [2.24, 2.45) is 0 Å². The summed E-state index contributed by atoms with van der Waals surface area (Å²) in [6, 6.07) is 6.69. The van der Waals surface area contributed by atoms with Crippen molar-refractivity contribution in [1.29, 1.82) is 0 Å². The first kappa shape index (κ1) is 21.5. The molecule has 0 bridgehead atoms. The summed E-state index contributed by atoms with van der Waals surface area (Å²) in [6.45, 7) is 10.8. The monoisotopic (exact) mass is 419 g/mol. The van der Waals surface area contributed by atoms with Gasteiger partial charge in [-0.15, -0.1) is 12.4 Å². The van der Waals surface area contributed by atoms with Crippen molar-refractivity contribution >= 4 is 12.4 Å². The van der Waals surface area contributed by atoms with Gasteiger partial charge in [0.1, 0.15) is 5.82 Å². The molecule has 1 fully saturated rings. The number of hydrogen-bond donors (Lipinski definition) is 0. The lowest BCUT2D eigenvalue weighted by molar-refractivity contribution is 0.0326. The number of imidazole rings is 1. The second-order valence-electron chi connectivity index (χ2n) is 7.38. The van der Waals surface area contributed by atoms with Gasteiger partial charge >= 0.3 is 0 Å². The predicted octanol–water partition coefficient (Wildman–Crippen LogP) is 3.81. The molecule has 8 heteroatoms. The molecule has 0 radical (unpaired) electrons. The number of rotatable bonds is 5. The van der Waals surface area contributed by atoms with Crippen LogP contribution in [-0.4, -0.2) is 57.1 Å². The number of halogens is 2. The Labute approximate surface area is 176 Å². The molecule has 156 valence electrons. The van der Waals surface area contributed by atoms with E-state index in [2.05, 4.69) is 21.4 Å².